The average Bonchev–Trinajstić information content (AvgIpc) is 2.76. The maximum Gasteiger partial charge on any atom is 0.331 e. The van der Waals surface area contributed by atoms with Gasteiger partial charge in [0.1, 0.15) is 5.75 Å². The number of aromatic nitrogens is 2. The molecule has 0 aliphatic rings. The third-order valence-electron chi connectivity index (χ3n) is 2.99. The van der Waals surface area contributed by atoms with Crippen LogP contribution in [-0.2, 0) is 0 Å². The van der Waals surface area contributed by atoms with E-state index in [0.29, 0.717) is 22.0 Å². The molecule has 0 bridgehead atoms. The van der Waals surface area contributed by atoms with Crippen LogP contribution in [0.2, 0.25) is 5.02 Å². The van der Waals surface area contributed by atoms with Gasteiger partial charge < -0.3 is 9.72 Å². The van der Waals surface area contributed by atoms with Gasteiger partial charge in [0.05, 0.1) is 28.9 Å². The Hall–Kier alpha value is -2.20. The molecule has 0 amide bonds. The van der Waals surface area contributed by atoms with Crippen molar-refractivity contribution in [3.63, 3.8) is 0 Å². The Morgan fingerprint density at radius 3 is 2.74 bits per heavy atom. The lowest BCUT2D eigenvalue weighted by molar-refractivity contribution is 0.413. The third kappa shape index (κ3) is 1.81. The molecule has 1 N–H and O–H groups in total. The Bertz CT molecular complexity index is 805. The lowest BCUT2D eigenvalue weighted by atomic mass is 10.2. The van der Waals surface area contributed by atoms with Gasteiger partial charge in [-0.2, -0.15) is 0 Å². The smallest absolute Gasteiger partial charge is 0.331 e. The number of nitrogens with one attached hydrogen (secondary N) is 1. The number of hydrogen-bond donors (Lipinski definition) is 1. The SMILES string of the molecule is COc1ccccc1-n1c(=O)[nH]c2c(Cl)cccc21. The Kier molecular flexibility index (Phi) is 2.80. The van der Waals surface area contributed by atoms with Crippen LogP contribution in [0.15, 0.2) is 47.3 Å². The number of ether oxygens (including phenoxy) is 1. The predicted octanol–water partition coefficient (Wildman–Crippen LogP) is 2.98. The van der Waals surface area contributed by atoms with E-state index in [-0.39, 0.29) is 5.69 Å². The molecule has 0 aliphatic carbocycles. The van der Waals surface area contributed by atoms with Crippen molar-refractivity contribution >= 4 is 22.6 Å². The minimum atomic E-state index is -0.243. The summed E-state index contributed by atoms with van der Waals surface area (Å²) in [7, 11) is 1.58. The first kappa shape index (κ1) is 11.9. The molecule has 96 valence electrons. The summed E-state index contributed by atoms with van der Waals surface area (Å²) in [6.07, 6.45) is 0. The van der Waals surface area contributed by atoms with Crippen LogP contribution in [0.5, 0.6) is 5.75 Å². The first-order valence-electron chi connectivity index (χ1n) is 5.75. The van der Waals surface area contributed by atoms with E-state index in [2.05, 4.69) is 4.98 Å². The highest BCUT2D eigenvalue weighted by atomic mass is 35.5. The molecule has 3 rings (SSSR count). The van der Waals surface area contributed by atoms with Gasteiger partial charge in [0.2, 0.25) is 0 Å². The number of fused-ring (bicyclic) bond motifs is 1. The molecular weight excluding hydrogens is 264 g/mol. The van der Waals surface area contributed by atoms with E-state index in [9.17, 15) is 4.79 Å². The zero-order valence-electron chi connectivity index (χ0n) is 10.2. The number of aromatic amines is 1. The summed E-state index contributed by atoms with van der Waals surface area (Å²) in [4.78, 5) is 14.9. The van der Waals surface area contributed by atoms with E-state index in [4.69, 9.17) is 16.3 Å². The summed E-state index contributed by atoms with van der Waals surface area (Å²) in [6, 6.07) is 12.7. The topological polar surface area (TPSA) is 47.0 Å². The van der Waals surface area contributed by atoms with Crippen LogP contribution < -0.4 is 10.4 Å². The third-order valence-corrected chi connectivity index (χ3v) is 3.31. The van der Waals surface area contributed by atoms with Crippen LogP contribution in [0, 0.1) is 0 Å². The van der Waals surface area contributed by atoms with Crippen LogP contribution >= 0.6 is 11.6 Å². The van der Waals surface area contributed by atoms with Crippen LogP contribution in [0.4, 0.5) is 0 Å². The average molecular weight is 275 g/mol. The maximum absolute atomic E-state index is 12.2. The van der Waals surface area contributed by atoms with Crippen molar-refractivity contribution in [1.29, 1.82) is 0 Å². The summed E-state index contributed by atoms with van der Waals surface area (Å²) in [6.45, 7) is 0. The Labute approximate surface area is 114 Å². The van der Waals surface area contributed by atoms with Gasteiger partial charge in [-0.25, -0.2) is 4.79 Å². The number of imidazole rings is 1. The Morgan fingerprint density at radius 2 is 1.95 bits per heavy atom. The highest BCUT2D eigenvalue weighted by Crippen LogP contribution is 2.26. The van der Waals surface area contributed by atoms with Gasteiger partial charge in [-0.1, -0.05) is 29.8 Å². The fraction of sp³-hybridized carbons (Fsp3) is 0.0714. The molecule has 0 saturated heterocycles. The second-order valence-corrected chi connectivity index (χ2v) is 4.48. The molecule has 1 heterocycles. The molecule has 0 unspecified atom stereocenters. The maximum atomic E-state index is 12.2. The van der Waals surface area contributed by atoms with E-state index >= 15 is 0 Å². The number of hydrogen-bond acceptors (Lipinski definition) is 2. The van der Waals surface area contributed by atoms with Gasteiger partial charge in [0, 0.05) is 0 Å². The molecule has 19 heavy (non-hydrogen) atoms. The van der Waals surface area contributed by atoms with Crippen molar-refractivity contribution in [3.05, 3.63) is 58.0 Å². The number of nitrogens with zero attached hydrogens (tertiary/aromatic N) is 1. The second-order valence-electron chi connectivity index (χ2n) is 4.07. The summed E-state index contributed by atoms with van der Waals surface area (Å²) in [5.41, 5.74) is 1.79. The molecule has 2 aromatic carbocycles. The molecule has 0 radical (unpaired) electrons. The quantitative estimate of drug-likeness (QED) is 0.781. The minimum Gasteiger partial charge on any atom is -0.495 e. The summed E-state index contributed by atoms with van der Waals surface area (Å²) in [5.74, 6) is 0.630. The first-order valence-corrected chi connectivity index (χ1v) is 6.13. The van der Waals surface area contributed by atoms with Gasteiger partial charge in [0.15, 0.2) is 0 Å². The first-order chi connectivity index (χ1) is 9.22. The van der Waals surface area contributed by atoms with E-state index in [1.807, 2.05) is 36.4 Å². The highest BCUT2D eigenvalue weighted by molar-refractivity contribution is 6.34. The number of benzene rings is 2. The highest BCUT2D eigenvalue weighted by Gasteiger charge is 2.13. The summed E-state index contributed by atoms with van der Waals surface area (Å²) < 4.78 is 6.85. The fourth-order valence-corrected chi connectivity index (χ4v) is 2.37. The van der Waals surface area contributed by atoms with Crippen LogP contribution in [0.3, 0.4) is 0 Å². The van der Waals surface area contributed by atoms with Crippen molar-refractivity contribution in [1.82, 2.24) is 9.55 Å². The van der Waals surface area contributed by atoms with Gasteiger partial charge in [-0.3, -0.25) is 4.57 Å². The van der Waals surface area contributed by atoms with Gasteiger partial charge in [-0.05, 0) is 24.3 Å². The van der Waals surface area contributed by atoms with Gasteiger partial charge in [0.25, 0.3) is 0 Å². The lowest BCUT2D eigenvalue weighted by Crippen LogP contribution is -2.15. The van der Waals surface area contributed by atoms with E-state index < -0.39 is 0 Å². The molecule has 0 saturated carbocycles. The standard InChI is InChI=1S/C14H11ClN2O2/c1-19-12-8-3-2-6-10(12)17-11-7-4-5-9(15)13(11)16-14(17)18/h2-8H,1H3,(H,16,18). The van der Waals surface area contributed by atoms with E-state index in [1.165, 1.54) is 0 Å². The zero-order valence-corrected chi connectivity index (χ0v) is 10.9. The number of H-pyrrole nitrogens is 1. The molecule has 0 spiro atoms. The number of rotatable bonds is 2. The summed E-state index contributed by atoms with van der Waals surface area (Å²) in [5, 5.41) is 0.517. The predicted molar refractivity (Wildman–Crippen MR) is 75.5 cm³/mol. The zero-order chi connectivity index (χ0) is 13.4. The largest absolute Gasteiger partial charge is 0.495 e. The molecule has 0 atom stereocenters. The minimum absolute atomic E-state index is 0.243. The van der Waals surface area contributed by atoms with Crippen molar-refractivity contribution in [2.45, 2.75) is 0 Å². The fourth-order valence-electron chi connectivity index (χ4n) is 2.15. The van der Waals surface area contributed by atoms with E-state index in [0.717, 1.165) is 5.52 Å². The van der Waals surface area contributed by atoms with Gasteiger partial charge in [-0.15, -0.1) is 0 Å². The Morgan fingerprint density at radius 1 is 1.16 bits per heavy atom. The lowest BCUT2D eigenvalue weighted by Gasteiger charge is -2.08. The molecule has 4 nitrogen and oxygen atoms in total. The van der Waals surface area contributed by atoms with Crippen LogP contribution in [-0.4, -0.2) is 16.7 Å². The molecule has 5 heteroatoms. The molecule has 3 aromatic rings. The number of halogens is 1. The van der Waals surface area contributed by atoms with E-state index in [1.54, 1.807) is 17.7 Å². The van der Waals surface area contributed by atoms with Crippen molar-refractivity contribution < 1.29 is 4.74 Å². The number of methoxy groups -OCH3 is 1. The number of para-hydroxylation sites is 3. The van der Waals surface area contributed by atoms with Crippen molar-refractivity contribution in [3.8, 4) is 11.4 Å². The van der Waals surface area contributed by atoms with Gasteiger partial charge >= 0.3 is 5.69 Å². The Balaban J connectivity index is 2.40. The van der Waals surface area contributed by atoms with Crippen LogP contribution in [0.25, 0.3) is 16.7 Å². The monoisotopic (exact) mass is 274 g/mol. The molecule has 0 fully saturated rings. The van der Waals surface area contributed by atoms with Crippen LogP contribution in [0.1, 0.15) is 0 Å². The summed E-state index contributed by atoms with van der Waals surface area (Å²) >= 11 is 6.09. The molecule has 1 aromatic heterocycles. The second kappa shape index (κ2) is 4.48. The van der Waals surface area contributed by atoms with Crippen molar-refractivity contribution in [2.75, 3.05) is 7.11 Å². The molecular formula is C14H11ClN2O2. The van der Waals surface area contributed by atoms with Crippen molar-refractivity contribution in [2.24, 2.45) is 0 Å². The molecule has 0 aliphatic heterocycles. The normalized spacial score (nSPS) is 10.8.